The van der Waals surface area contributed by atoms with Gasteiger partial charge < -0.3 is 10.5 Å². The van der Waals surface area contributed by atoms with Gasteiger partial charge in [-0.2, -0.15) is 0 Å². The van der Waals surface area contributed by atoms with Crippen molar-refractivity contribution in [3.8, 4) is 5.75 Å². The predicted molar refractivity (Wildman–Crippen MR) is 78.7 cm³/mol. The van der Waals surface area contributed by atoms with Gasteiger partial charge in [-0.3, -0.25) is 0 Å². The summed E-state index contributed by atoms with van der Waals surface area (Å²) >= 11 is 5.97. The van der Waals surface area contributed by atoms with E-state index >= 15 is 0 Å². The summed E-state index contributed by atoms with van der Waals surface area (Å²) in [5.74, 6) is 0.750. The smallest absolute Gasteiger partial charge is 0.121 e. The van der Waals surface area contributed by atoms with Crippen molar-refractivity contribution in [3.05, 3.63) is 58.1 Å². The fraction of sp³-hybridized carbons (Fsp3) is 0.250. The van der Waals surface area contributed by atoms with Gasteiger partial charge in [0.2, 0.25) is 0 Å². The second-order valence-electron chi connectivity index (χ2n) is 4.93. The van der Waals surface area contributed by atoms with Gasteiger partial charge in [-0.05, 0) is 48.1 Å². The first kappa shape index (κ1) is 12.4. The zero-order valence-electron chi connectivity index (χ0n) is 10.7. The number of nitrogens with two attached hydrogens (primary N) is 1. The lowest BCUT2D eigenvalue weighted by atomic mass is 10.1. The third kappa shape index (κ3) is 2.69. The fourth-order valence-corrected chi connectivity index (χ4v) is 2.65. The summed E-state index contributed by atoms with van der Waals surface area (Å²) in [6.07, 6.45) is 3.67. The summed E-state index contributed by atoms with van der Waals surface area (Å²) in [6, 6.07) is 12.0. The first-order valence-electron chi connectivity index (χ1n) is 6.51. The van der Waals surface area contributed by atoms with Gasteiger partial charge >= 0.3 is 0 Å². The van der Waals surface area contributed by atoms with E-state index in [1.165, 1.54) is 36.0 Å². The molecule has 0 spiro atoms. The number of nitrogen functional groups attached to an aromatic ring is 1. The number of anilines is 1. The van der Waals surface area contributed by atoms with E-state index in [0.717, 1.165) is 5.75 Å². The highest BCUT2D eigenvalue weighted by Gasteiger charge is 2.10. The normalized spacial score (nSPS) is 13.3. The second-order valence-corrected chi connectivity index (χ2v) is 5.34. The second kappa shape index (κ2) is 5.14. The Hall–Kier alpha value is -1.67. The first-order valence-corrected chi connectivity index (χ1v) is 6.89. The molecule has 0 fully saturated rings. The van der Waals surface area contributed by atoms with Crippen molar-refractivity contribution in [2.75, 3.05) is 5.73 Å². The summed E-state index contributed by atoms with van der Waals surface area (Å²) in [5.41, 5.74) is 10.4. The minimum Gasteiger partial charge on any atom is -0.489 e. The molecule has 2 N–H and O–H groups in total. The lowest BCUT2D eigenvalue weighted by Gasteiger charge is -2.09. The van der Waals surface area contributed by atoms with E-state index < -0.39 is 0 Å². The number of halogens is 1. The van der Waals surface area contributed by atoms with Gasteiger partial charge in [0.1, 0.15) is 12.4 Å². The van der Waals surface area contributed by atoms with Crippen LogP contribution in [0, 0.1) is 0 Å². The maximum absolute atomic E-state index is 5.97. The highest BCUT2D eigenvalue weighted by atomic mass is 35.5. The van der Waals surface area contributed by atoms with Crippen LogP contribution >= 0.6 is 11.6 Å². The van der Waals surface area contributed by atoms with Crippen molar-refractivity contribution in [1.29, 1.82) is 0 Å². The molecular weight excluding hydrogens is 258 g/mol. The van der Waals surface area contributed by atoms with Crippen LogP contribution in [0.1, 0.15) is 23.1 Å². The Labute approximate surface area is 118 Å². The molecule has 0 aliphatic heterocycles. The average Bonchev–Trinajstić information content (AvgIpc) is 2.87. The van der Waals surface area contributed by atoms with Crippen LogP contribution in [0.4, 0.5) is 5.69 Å². The Balaban J connectivity index is 1.70. The van der Waals surface area contributed by atoms with Gasteiger partial charge in [0.15, 0.2) is 0 Å². The average molecular weight is 274 g/mol. The zero-order valence-corrected chi connectivity index (χ0v) is 11.4. The Morgan fingerprint density at radius 3 is 2.74 bits per heavy atom. The molecule has 3 heteroatoms. The van der Waals surface area contributed by atoms with Crippen molar-refractivity contribution >= 4 is 17.3 Å². The predicted octanol–water partition coefficient (Wildman–Crippen LogP) is 3.99. The molecule has 98 valence electrons. The van der Waals surface area contributed by atoms with Crippen LogP contribution in [0.15, 0.2) is 36.4 Å². The SMILES string of the molecule is Nc1ccc(OCc2ccc3c(c2)CCC3)cc1Cl. The first-order chi connectivity index (χ1) is 9.22. The minimum absolute atomic E-state index is 0.534. The van der Waals surface area contributed by atoms with E-state index in [-0.39, 0.29) is 0 Å². The summed E-state index contributed by atoms with van der Waals surface area (Å²) in [5, 5.41) is 0.534. The van der Waals surface area contributed by atoms with Gasteiger partial charge in [0, 0.05) is 6.07 Å². The van der Waals surface area contributed by atoms with Crippen LogP contribution in [-0.4, -0.2) is 0 Å². The molecule has 0 unspecified atom stereocenters. The topological polar surface area (TPSA) is 35.2 Å². The van der Waals surface area contributed by atoms with E-state index in [1.54, 1.807) is 12.1 Å². The number of hydrogen-bond acceptors (Lipinski definition) is 2. The maximum Gasteiger partial charge on any atom is 0.121 e. The number of ether oxygens (including phenoxy) is 1. The third-order valence-corrected chi connectivity index (χ3v) is 3.87. The summed E-state index contributed by atoms with van der Waals surface area (Å²) in [7, 11) is 0. The van der Waals surface area contributed by atoms with E-state index in [4.69, 9.17) is 22.1 Å². The Bertz CT molecular complexity index is 610. The molecular formula is C16H16ClNO. The lowest BCUT2D eigenvalue weighted by molar-refractivity contribution is 0.306. The molecule has 2 aromatic carbocycles. The summed E-state index contributed by atoms with van der Waals surface area (Å²) in [6.45, 7) is 0.563. The molecule has 0 heterocycles. The van der Waals surface area contributed by atoms with E-state index in [0.29, 0.717) is 17.3 Å². The van der Waals surface area contributed by atoms with Crippen LogP contribution in [0.25, 0.3) is 0 Å². The molecule has 0 saturated carbocycles. The minimum atomic E-state index is 0.534. The molecule has 0 aromatic heterocycles. The van der Waals surface area contributed by atoms with Gasteiger partial charge in [-0.25, -0.2) is 0 Å². The van der Waals surface area contributed by atoms with Gasteiger partial charge in [-0.1, -0.05) is 29.8 Å². The van der Waals surface area contributed by atoms with Crippen molar-refractivity contribution in [1.82, 2.24) is 0 Å². The van der Waals surface area contributed by atoms with Crippen LogP contribution in [-0.2, 0) is 19.4 Å². The molecule has 0 bridgehead atoms. The van der Waals surface area contributed by atoms with Gasteiger partial charge in [0.25, 0.3) is 0 Å². The molecule has 0 saturated heterocycles. The van der Waals surface area contributed by atoms with Crippen LogP contribution in [0.2, 0.25) is 5.02 Å². The standard InChI is InChI=1S/C16H16ClNO/c17-15-9-14(6-7-16(15)18)19-10-11-4-5-12-2-1-3-13(12)8-11/h4-9H,1-3,10,18H2. The number of rotatable bonds is 3. The van der Waals surface area contributed by atoms with Crippen molar-refractivity contribution in [2.24, 2.45) is 0 Å². The fourth-order valence-electron chi connectivity index (χ4n) is 2.48. The largest absolute Gasteiger partial charge is 0.489 e. The van der Waals surface area contributed by atoms with Crippen LogP contribution in [0.5, 0.6) is 5.75 Å². The molecule has 0 radical (unpaired) electrons. The Morgan fingerprint density at radius 1 is 1.05 bits per heavy atom. The molecule has 19 heavy (non-hydrogen) atoms. The quantitative estimate of drug-likeness (QED) is 0.858. The van der Waals surface area contributed by atoms with Crippen LogP contribution in [0.3, 0.4) is 0 Å². The van der Waals surface area contributed by atoms with E-state index in [2.05, 4.69) is 18.2 Å². The van der Waals surface area contributed by atoms with Gasteiger partial charge in [0.05, 0.1) is 10.7 Å². The highest BCUT2D eigenvalue weighted by molar-refractivity contribution is 6.33. The van der Waals surface area contributed by atoms with Crippen molar-refractivity contribution in [2.45, 2.75) is 25.9 Å². The van der Waals surface area contributed by atoms with Crippen molar-refractivity contribution < 1.29 is 4.74 Å². The Kier molecular flexibility index (Phi) is 3.34. The Morgan fingerprint density at radius 2 is 1.89 bits per heavy atom. The van der Waals surface area contributed by atoms with E-state index in [1.807, 2.05) is 6.07 Å². The number of aryl methyl sites for hydroxylation is 2. The molecule has 3 rings (SSSR count). The highest BCUT2D eigenvalue weighted by Crippen LogP contribution is 2.26. The summed E-state index contributed by atoms with van der Waals surface area (Å²) in [4.78, 5) is 0. The molecule has 2 nitrogen and oxygen atoms in total. The number of benzene rings is 2. The third-order valence-electron chi connectivity index (χ3n) is 3.54. The molecule has 2 aromatic rings. The molecule has 0 atom stereocenters. The summed E-state index contributed by atoms with van der Waals surface area (Å²) < 4.78 is 5.75. The molecule has 1 aliphatic rings. The maximum atomic E-state index is 5.97. The molecule has 0 amide bonds. The lowest BCUT2D eigenvalue weighted by Crippen LogP contribution is -1.97. The van der Waals surface area contributed by atoms with Crippen molar-refractivity contribution in [3.63, 3.8) is 0 Å². The molecule has 1 aliphatic carbocycles. The zero-order chi connectivity index (χ0) is 13.2. The van der Waals surface area contributed by atoms with Crippen LogP contribution < -0.4 is 10.5 Å². The monoisotopic (exact) mass is 273 g/mol. The van der Waals surface area contributed by atoms with Gasteiger partial charge in [-0.15, -0.1) is 0 Å². The van der Waals surface area contributed by atoms with E-state index in [9.17, 15) is 0 Å². The number of hydrogen-bond donors (Lipinski definition) is 1. The number of fused-ring (bicyclic) bond motifs is 1.